The van der Waals surface area contributed by atoms with Crippen molar-refractivity contribution in [3.63, 3.8) is 0 Å². The monoisotopic (exact) mass is 528 g/mol. The van der Waals surface area contributed by atoms with Crippen LogP contribution >= 0.6 is 0 Å². The summed E-state index contributed by atoms with van der Waals surface area (Å²) in [4.78, 5) is 41.6. The van der Waals surface area contributed by atoms with Crippen molar-refractivity contribution in [1.82, 2.24) is 10.2 Å². The summed E-state index contributed by atoms with van der Waals surface area (Å²) in [5.74, 6) is -2.61. The Bertz CT molecular complexity index is 1310. The number of carbonyl (C=O) groups is 3. The summed E-state index contributed by atoms with van der Waals surface area (Å²) in [5.41, 5.74) is -0.169. The van der Waals surface area contributed by atoms with E-state index in [9.17, 15) is 19.5 Å². The lowest BCUT2D eigenvalue weighted by atomic mass is 9.76. The second-order valence-corrected chi connectivity index (χ2v) is 9.99. The lowest BCUT2D eigenvalue weighted by molar-refractivity contribution is -0.151. The first-order valence-corrected chi connectivity index (χ1v) is 13.3. The lowest BCUT2D eigenvalue weighted by Crippen LogP contribution is -2.57. The molecule has 202 valence electrons. The number of amides is 2. The van der Waals surface area contributed by atoms with Gasteiger partial charge in [0.2, 0.25) is 11.8 Å². The number of nitrogens with zero attached hydrogens (tertiary/aromatic N) is 1. The first-order valence-electron chi connectivity index (χ1n) is 13.3. The molecule has 2 amide bonds. The second kappa shape index (κ2) is 11.4. The number of hydrogen-bond acceptors (Lipinski definition) is 6. The Morgan fingerprint density at radius 1 is 0.897 bits per heavy atom. The number of aliphatic carboxylic acids is 1. The molecule has 39 heavy (non-hydrogen) atoms. The molecular weight excluding hydrogens is 496 g/mol. The van der Waals surface area contributed by atoms with E-state index in [1.54, 1.807) is 12.1 Å². The van der Waals surface area contributed by atoms with Crippen LogP contribution in [0.5, 0.6) is 11.5 Å². The average Bonchev–Trinajstić information content (AvgIpc) is 3.42. The SMILES string of the molecule is CCCOCCN1C(=O)C2C(c3ccc(Oc4ccccc4)cc3)NC(Cc3ccccc3)(C(=O)O)C2C1=O. The van der Waals surface area contributed by atoms with Crippen molar-refractivity contribution >= 4 is 17.8 Å². The first kappa shape index (κ1) is 26.6. The minimum absolute atomic E-state index is 0.0647. The largest absolute Gasteiger partial charge is 0.480 e. The maximum absolute atomic E-state index is 13.7. The number of benzene rings is 3. The highest BCUT2D eigenvalue weighted by Gasteiger charge is 2.68. The number of likely N-dealkylation sites (tertiary alicyclic amines) is 1. The van der Waals surface area contributed by atoms with Crippen LogP contribution in [0.15, 0.2) is 84.9 Å². The fourth-order valence-corrected chi connectivity index (χ4v) is 5.69. The Balaban J connectivity index is 1.48. The van der Waals surface area contributed by atoms with Crippen LogP contribution < -0.4 is 10.1 Å². The number of imide groups is 1. The minimum Gasteiger partial charge on any atom is -0.480 e. The van der Waals surface area contributed by atoms with Gasteiger partial charge in [-0.05, 0) is 41.8 Å². The Morgan fingerprint density at radius 2 is 1.54 bits per heavy atom. The molecule has 0 saturated carbocycles. The van der Waals surface area contributed by atoms with Gasteiger partial charge in [0.25, 0.3) is 0 Å². The molecule has 0 radical (unpaired) electrons. The van der Waals surface area contributed by atoms with E-state index in [1.807, 2.05) is 79.7 Å². The van der Waals surface area contributed by atoms with Crippen LogP contribution in [-0.4, -0.2) is 53.1 Å². The number of carboxylic acid groups (broad SMARTS) is 1. The number of rotatable bonds is 11. The molecule has 2 N–H and O–H groups in total. The van der Waals surface area contributed by atoms with Crippen LogP contribution in [-0.2, 0) is 25.5 Å². The standard InChI is InChI=1S/C31H32N2O6/c1-2-18-38-19-17-33-28(34)25-26(29(33)35)31(30(36)37,20-21-9-5-3-6-10-21)32-27(25)22-13-15-24(16-14-22)39-23-11-7-4-8-12-23/h3-16,25-27,32H,2,17-20H2,1H3,(H,36,37). The highest BCUT2D eigenvalue weighted by Crippen LogP contribution is 2.50. The fourth-order valence-electron chi connectivity index (χ4n) is 5.69. The van der Waals surface area contributed by atoms with Gasteiger partial charge >= 0.3 is 5.97 Å². The van der Waals surface area contributed by atoms with E-state index in [1.165, 1.54) is 4.90 Å². The van der Waals surface area contributed by atoms with Gasteiger partial charge in [-0.15, -0.1) is 0 Å². The molecule has 8 heteroatoms. The van der Waals surface area contributed by atoms with Crippen LogP contribution in [0.1, 0.15) is 30.5 Å². The topological polar surface area (TPSA) is 105 Å². The van der Waals surface area contributed by atoms with E-state index in [-0.39, 0.29) is 25.5 Å². The predicted octanol–water partition coefficient (Wildman–Crippen LogP) is 4.22. The molecule has 2 aliphatic rings. The molecule has 4 atom stereocenters. The number of ether oxygens (including phenoxy) is 2. The third-order valence-corrected chi connectivity index (χ3v) is 7.48. The highest BCUT2D eigenvalue weighted by molar-refractivity contribution is 6.09. The smallest absolute Gasteiger partial charge is 0.325 e. The van der Waals surface area contributed by atoms with Gasteiger partial charge in [-0.1, -0.05) is 67.6 Å². The van der Waals surface area contributed by atoms with Gasteiger partial charge in [0.05, 0.1) is 25.0 Å². The molecule has 2 fully saturated rings. The van der Waals surface area contributed by atoms with Crippen LogP contribution in [0.25, 0.3) is 0 Å². The third kappa shape index (κ3) is 5.17. The molecule has 0 bridgehead atoms. The molecule has 0 spiro atoms. The Labute approximate surface area is 227 Å². The van der Waals surface area contributed by atoms with Crippen molar-refractivity contribution in [2.24, 2.45) is 11.8 Å². The Morgan fingerprint density at radius 3 is 2.18 bits per heavy atom. The van der Waals surface area contributed by atoms with Gasteiger partial charge in [0.15, 0.2) is 0 Å². The zero-order valence-corrected chi connectivity index (χ0v) is 21.8. The molecule has 4 unspecified atom stereocenters. The molecule has 3 aromatic carbocycles. The predicted molar refractivity (Wildman–Crippen MR) is 144 cm³/mol. The van der Waals surface area contributed by atoms with Gasteiger partial charge in [0, 0.05) is 19.1 Å². The molecule has 5 rings (SSSR count). The second-order valence-electron chi connectivity index (χ2n) is 9.99. The van der Waals surface area contributed by atoms with Gasteiger partial charge < -0.3 is 14.6 Å². The lowest BCUT2D eigenvalue weighted by Gasteiger charge is -2.31. The molecule has 8 nitrogen and oxygen atoms in total. The van der Waals surface area contributed by atoms with Crippen LogP contribution in [0.2, 0.25) is 0 Å². The highest BCUT2D eigenvalue weighted by atomic mass is 16.5. The molecule has 2 saturated heterocycles. The summed E-state index contributed by atoms with van der Waals surface area (Å²) in [5, 5.41) is 13.8. The summed E-state index contributed by atoms with van der Waals surface area (Å²) in [6, 6.07) is 25.1. The average molecular weight is 529 g/mol. The Kier molecular flexibility index (Phi) is 7.77. The van der Waals surface area contributed by atoms with Crippen molar-refractivity contribution < 1.29 is 29.0 Å². The van der Waals surface area contributed by atoms with Crippen molar-refractivity contribution in [3.05, 3.63) is 96.1 Å². The number of para-hydroxylation sites is 1. The summed E-state index contributed by atoms with van der Waals surface area (Å²) >= 11 is 0. The van der Waals surface area contributed by atoms with E-state index in [4.69, 9.17) is 9.47 Å². The number of carbonyl (C=O) groups excluding carboxylic acids is 2. The molecule has 2 aliphatic heterocycles. The van der Waals surface area contributed by atoms with E-state index >= 15 is 0 Å². The van der Waals surface area contributed by atoms with E-state index in [2.05, 4.69) is 5.32 Å². The minimum atomic E-state index is -1.65. The quantitative estimate of drug-likeness (QED) is 0.284. The third-order valence-electron chi connectivity index (χ3n) is 7.48. The van der Waals surface area contributed by atoms with Crippen LogP contribution in [0.4, 0.5) is 0 Å². The molecule has 2 heterocycles. The summed E-state index contributed by atoms with van der Waals surface area (Å²) in [6.45, 7) is 2.82. The fraction of sp³-hybridized carbons (Fsp3) is 0.323. The number of nitrogens with one attached hydrogen (secondary N) is 1. The van der Waals surface area contributed by atoms with Gasteiger partial charge in [0.1, 0.15) is 17.0 Å². The van der Waals surface area contributed by atoms with Crippen molar-refractivity contribution in [2.75, 3.05) is 19.8 Å². The summed E-state index contributed by atoms with van der Waals surface area (Å²) in [7, 11) is 0. The zero-order valence-electron chi connectivity index (χ0n) is 21.8. The maximum Gasteiger partial charge on any atom is 0.325 e. The van der Waals surface area contributed by atoms with Crippen LogP contribution in [0, 0.1) is 11.8 Å². The van der Waals surface area contributed by atoms with E-state index < -0.39 is 35.3 Å². The van der Waals surface area contributed by atoms with Crippen LogP contribution in [0.3, 0.4) is 0 Å². The Hall–Kier alpha value is -4.01. The van der Waals surface area contributed by atoms with Crippen molar-refractivity contribution in [1.29, 1.82) is 0 Å². The summed E-state index contributed by atoms with van der Waals surface area (Å²) < 4.78 is 11.4. The van der Waals surface area contributed by atoms with Crippen molar-refractivity contribution in [2.45, 2.75) is 31.3 Å². The summed E-state index contributed by atoms with van der Waals surface area (Å²) in [6.07, 6.45) is 0.886. The number of carboxylic acids is 1. The van der Waals surface area contributed by atoms with Gasteiger partial charge in [-0.2, -0.15) is 0 Å². The molecule has 0 aromatic heterocycles. The normalized spacial score (nSPS) is 24.1. The van der Waals surface area contributed by atoms with Gasteiger partial charge in [-0.3, -0.25) is 24.6 Å². The van der Waals surface area contributed by atoms with E-state index in [0.29, 0.717) is 23.7 Å². The maximum atomic E-state index is 13.7. The zero-order chi connectivity index (χ0) is 27.4. The molecule has 0 aliphatic carbocycles. The van der Waals surface area contributed by atoms with E-state index in [0.717, 1.165) is 12.0 Å². The molecular formula is C31H32N2O6. The van der Waals surface area contributed by atoms with Gasteiger partial charge in [-0.25, -0.2) is 0 Å². The molecule has 3 aromatic rings. The number of fused-ring (bicyclic) bond motifs is 1. The first-order chi connectivity index (χ1) is 18.9. The van der Waals surface area contributed by atoms with Crippen molar-refractivity contribution in [3.8, 4) is 11.5 Å². The number of hydrogen-bond donors (Lipinski definition) is 2.